The summed E-state index contributed by atoms with van der Waals surface area (Å²) >= 11 is 0. The van der Waals surface area contributed by atoms with Crippen LogP contribution in [0.2, 0.25) is 0 Å². The summed E-state index contributed by atoms with van der Waals surface area (Å²) in [4.78, 5) is 50.6. The first kappa shape index (κ1) is 21.9. The summed E-state index contributed by atoms with van der Waals surface area (Å²) in [6.07, 6.45) is -0.776. The fourth-order valence-electron chi connectivity index (χ4n) is 4.27. The van der Waals surface area contributed by atoms with Gasteiger partial charge in [-0.05, 0) is 36.3 Å². The third kappa shape index (κ3) is 3.59. The van der Waals surface area contributed by atoms with Gasteiger partial charge >= 0.3 is 47.7 Å². The Morgan fingerprint density at radius 2 is 1.90 bits per heavy atom. The number of hydrogen-bond acceptors (Lipinski definition) is 6. The van der Waals surface area contributed by atoms with Crippen molar-refractivity contribution in [3.05, 3.63) is 35.5 Å². The maximum atomic E-state index is 12.7. The van der Waals surface area contributed by atoms with Crippen LogP contribution in [-0.4, -0.2) is 98.8 Å². The number of rotatable bonds is 4. The average Bonchev–Trinajstić information content (AvgIpc) is 3.03. The Morgan fingerprint density at radius 1 is 1.23 bits per heavy atom. The molecule has 5 N–H and O–H groups in total. The zero-order valence-electron chi connectivity index (χ0n) is 15.1. The molecule has 3 aliphatic heterocycles. The molecule has 3 atom stereocenters. The Morgan fingerprint density at radius 3 is 2.50 bits per heavy atom. The fourth-order valence-corrected chi connectivity index (χ4v) is 4.27. The summed E-state index contributed by atoms with van der Waals surface area (Å²) < 4.78 is 4.74. The zero-order chi connectivity index (χ0) is 20.9. The summed E-state index contributed by atoms with van der Waals surface area (Å²) in [6, 6.07) is 4.22. The van der Waals surface area contributed by atoms with Gasteiger partial charge in [0, 0.05) is 18.2 Å². The van der Waals surface area contributed by atoms with E-state index in [0.717, 1.165) is 0 Å². The molecule has 0 aromatic heterocycles. The maximum absolute atomic E-state index is 12.7. The number of aromatic hydroxyl groups is 1. The number of phenolic OH excluding ortho intramolecular Hbond substituents is 1. The summed E-state index contributed by atoms with van der Waals surface area (Å²) in [6.45, 7) is -0.0806. The molecule has 0 radical (unpaired) electrons. The number of benzene rings is 1. The third-order valence-corrected chi connectivity index (χ3v) is 5.42. The van der Waals surface area contributed by atoms with Crippen LogP contribution in [0.15, 0.2) is 35.5 Å². The number of anilines is 1. The molecular weight excluding hydrogens is 407 g/mol. The van der Waals surface area contributed by atoms with Gasteiger partial charge < -0.3 is 30.9 Å². The van der Waals surface area contributed by atoms with E-state index < -0.39 is 36.1 Å². The number of carbonyl (C=O) groups excluding carboxylic acids is 3. The molecule has 0 bridgehead atoms. The summed E-state index contributed by atoms with van der Waals surface area (Å²) in [7, 11) is 0. The van der Waals surface area contributed by atoms with Crippen molar-refractivity contribution < 1.29 is 34.1 Å². The Kier molecular flexibility index (Phi) is 5.97. The van der Waals surface area contributed by atoms with Gasteiger partial charge in [-0.15, -0.1) is 0 Å². The second kappa shape index (κ2) is 8.17. The topological polar surface area (TPSA) is 162 Å². The van der Waals surface area contributed by atoms with Crippen LogP contribution in [0.25, 0.3) is 0 Å². The normalized spacial score (nSPS) is 23.9. The molecule has 1 aromatic rings. The van der Waals surface area contributed by atoms with Gasteiger partial charge in [0.25, 0.3) is 5.91 Å². The number of carboxylic acid groups (broad SMARTS) is 1. The first-order valence-electron chi connectivity index (χ1n) is 8.85. The van der Waals surface area contributed by atoms with Crippen LogP contribution in [0.1, 0.15) is 6.42 Å². The molecule has 0 unspecified atom stereocenters. The quantitative estimate of drug-likeness (QED) is 0.290. The number of β-lactam (4-membered cyclic amide) rings is 1. The number of carboxylic acids is 1. The van der Waals surface area contributed by atoms with E-state index >= 15 is 0 Å². The molecule has 0 aliphatic carbocycles. The van der Waals surface area contributed by atoms with Crippen molar-refractivity contribution in [2.75, 3.05) is 18.5 Å². The van der Waals surface area contributed by atoms with Gasteiger partial charge in [-0.3, -0.25) is 9.69 Å². The van der Waals surface area contributed by atoms with Crippen LogP contribution in [0.5, 0.6) is 5.75 Å². The van der Waals surface area contributed by atoms with E-state index in [1.807, 2.05) is 0 Å². The number of amides is 4. The van der Waals surface area contributed by atoms with Crippen LogP contribution in [0.3, 0.4) is 0 Å². The summed E-state index contributed by atoms with van der Waals surface area (Å²) in [5.41, 5.74) is 5.49. The van der Waals surface area contributed by atoms with E-state index in [4.69, 9.17) is 10.5 Å². The van der Waals surface area contributed by atoms with Crippen molar-refractivity contribution in [1.82, 2.24) is 9.80 Å². The molecule has 4 rings (SSSR count). The molecule has 154 valence electrons. The second-order valence-corrected chi connectivity index (χ2v) is 7.10. The molecule has 2 fully saturated rings. The number of likely N-dealkylation sites (tertiary alicyclic amines) is 1. The molecule has 3 aliphatic rings. The molecule has 1 aromatic carbocycles. The standard InChI is InChI=1S/C18H18N4O7.Na.H/c19-17(27)29-7-9-5-8-6-21(18(28)20-10-1-3-11(23)4-2-10)14-12(8)22(15(14)24)13(9)16(25)26;;/h1-4,8,12,14,23H,5-7H2,(H2,19,27)(H,20,28)(H,25,26);;/t8-,12-,14+;;/m1../s1. The van der Waals surface area contributed by atoms with E-state index in [9.17, 15) is 29.4 Å². The summed E-state index contributed by atoms with van der Waals surface area (Å²) in [5, 5.41) is 21.6. The van der Waals surface area contributed by atoms with Gasteiger partial charge in [-0.2, -0.15) is 0 Å². The van der Waals surface area contributed by atoms with Gasteiger partial charge in [-0.1, -0.05) is 0 Å². The number of phenols is 1. The van der Waals surface area contributed by atoms with Gasteiger partial charge in [0.05, 0.1) is 6.04 Å². The molecule has 11 nitrogen and oxygen atoms in total. The SMILES string of the molecule is NC(=O)OCC1=C(C(=O)O)N2C(=O)[C@@H]3[C@H]2[C@H](C1)CN3C(=O)Nc1ccc(O)cc1.[NaH]. The number of carbonyl (C=O) groups is 4. The number of nitrogens with one attached hydrogen (secondary N) is 1. The van der Waals surface area contributed by atoms with Crippen LogP contribution in [0, 0.1) is 5.92 Å². The predicted molar refractivity (Wildman–Crippen MR) is 104 cm³/mol. The van der Waals surface area contributed by atoms with Crippen LogP contribution in [0.4, 0.5) is 15.3 Å². The van der Waals surface area contributed by atoms with E-state index in [-0.39, 0.29) is 72.1 Å². The van der Waals surface area contributed by atoms with Crippen molar-refractivity contribution in [1.29, 1.82) is 0 Å². The number of aliphatic carboxylic acids is 1. The van der Waals surface area contributed by atoms with Gasteiger partial charge in [0.15, 0.2) is 0 Å². The second-order valence-electron chi connectivity index (χ2n) is 7.10. The van der Waals surface area contributed by atoms with E-state index in [1.54, 1.807) is 0 Å². The molecule has 0 saturated carbocycles. The van der Waals surface area contributed by atoms with Gasteiger partial charge in [0.1, 0.15) is 24.1 Å². The number of urea groups is 1. The predicted octanol–water partition coefficient (Wildman–Crippen LogP) is -0.375. The van der Waals surface area contributed by atoms with Gasteiger partial charge in [-0.25, -0.2) is 14.4 Å². The first-order chi connectivity index (χ1) is 13.8. The van der Waals surface area contributed by atoms with E-state index in [0.29, 0.717) is 5.69 Å². The molecule has 12 heteroatoms. The number of ether oxygens (including phenoxy) is 1. The Bertz CT molecular complexity index is 948. The van der Waals surface area contributed by atoms with Crippen molar-refractivity contribution in [2.45, 2.75) is 18.5 Å². The molecule has 3 heterocycles. The number of nitrogens with two attached hydrogens (primary N) is 1. The molecule has 30 heavy (non-hydrogen) atoms. The molecule has 0 spiro atoms. The Hall–Kier alpha value is -2.76. The molecular formula is C18H19N4NaO7. The number of hydrogen-bond donors (Lipinski definition) is 4. The zero-order valence-corrected chi connectivity index (χ0v) is 15.1. The molecule has 4 amide bonds. The first-order valence-corrected chi connectivity index (χ1v) is 8.85. The fraction of sp³-hybridized carbons (Fsp3) is 0.333. The van der Waals surface area contributed by atoms with Crippen molar-refractivity contribution in [3.8, 4) is 5.75 Å². The van der Waals surface area contributed by atoms with Crippen molar-refractivity contribution in [2.24, 2.45) is 11.7 Å². The minimum atomic E-state index is -1.30. The van der Waals surface area contributed by atoms with E-state index in [1.165, 1.54) is 34.1 Å². The van der Waals surface area contributed by atoms with Crippen molar-refractivity contribution >= 4 is 59.2 Å². The van der Waals surface area contributed by atoms with E-state index in [2.05, 4.69) is 5.32 Å². The molecule has 2 saturated heterocycles. The Labute approximate surface area is 192 Å². The average molecular weight is 426 g/mol. The monoisotopic (exact) mass is 426 g/mol. The number of nitrogens with zero attached hydrogens (tertiary/aromatic N) is 2. The van der Waals surface area contributed by atoms with Crippen molar-refractivity contribution in [3.63, 3.8) is 0 Å². The van der Waals surface area contributed by atoms with Gasteiger partial charge in [0.2, 0.25) is 0 Å². The number of primary amides is 1. The Balaban J connectivity index is 0.00000256. The minimum absolute atomic E-state index is 0. The summed E-state index contributed by atoms with van der Waals surface area (Å²) in [5.74, 6) is -1.92. The van der Waals surface area contributed by atoms with Crippen LogP contribution < -0.4 is 11.1 Å². The van der Waals surface area contributed by atoms with Crippen LogP contribution >= 0.6 is 0 Å². The van der Waals surface area contributed by atoms with Crippen LogP contribution in [-0.2, 0) is 14.3 Å². The third-order valence-electron chi connectivity index (χ3n) is 5.42.